The van der Waals surface area contributed by atoms with E-state index in [9.17, 15) is 9.59 Å². The molecule has 2 amide bonds. The van der Waals surface area contributed by atoms with Crippen molar-refractivity contribution in [3.8, 4) is 0 Å². The number of amides is 2. The molecule has 1 aliphatic rings. The largest absolute Gasteiger partial charge is 0.399 e. The number of hydrogen-bond acceptors (Lipinski definition) is 3. The van der Waals surface area contributed by atoms with Crippen molar-refractivity contribution < 1.29 is 9.59 Å². The molecule has 1 heterocycles. The maximum absolute atomic E-state index is 13.2. The normalized spacial score (nSPS) is 13.7. The molecule has 0 aliphatic carbocycles. The zero-order valence-electron chi connectivity index (χ0n) is 14.3. The number of nitrogen functional groups attached to an aromatic ring is 1. The third-order valence-corrected chi connectivity index (χ3v) is 4.36. The zero-order chi connectivity index (χ0) is 18.1. The molecule has 0 fully saturated rings. The van der Waals surface area contributed by atoms with Gasteiger partial charge in [0.2, 0.25) is 0 Å². The molecule has 3 aromatic carbocycles. The van der Waals surface area contributed by atoms with Crippen LogP contribution in [0.1, 0.15) is 11.1 Å². The van der Waals surface area contributed by atoms with E-state index in [1.54, 1.807) is 24.3 Å². The smallest absolute Gasteiger partial charge is 0.266 e. The van der Waals surface area contributed by atoms with Gasteiger partial charge >= 0.3 is 0 Å². The molecule has 0 bridgehead atoms. The highest BCUT2D eigenvalue weighted by Gasteiger charge is 2.40. The minimum Gasteiger partial charge on any atom is -0.399 e. The summed E-state index contributed by atoms with van der Waals surface area (Å²) in [5.41, 5.74) is 9.10. The van der Waals surface area contributed by atoms with Crippen LogP contribution in [0, 0.1) is 0 Å². The highest BCUT2D eigenvalue weighted by atomic mass is 35.5. The first-order valence-electron chi connectivity index (χ1n) is 8.26. The predicted octanol–water partition coefficient (Wildman–Crippen LogP) is 4.17. The van der Waals surface area contributed by atoms with Gasteiger partial charge in [0.05, 0.1) is 16.8 Å². The van der Waals surface area contributed by atoms with Gasteiger partial charge < -0.3 is 5.73 Å². The van der Waals surface area contributed by atoms with Crippen LogP contribution in [0.3, 0.4) is 0 Å². The Kier molecular flexibility index (Phi) is 5.10. The van der Waals surface area contributed by atoms with Crippen molar-refractivity contribution in [2.75, 3.05) is 10.6 Å². The van der Waals surface area contributed by atoms with Crippen molar-refractivity contribution in [3.05, 3.63) is 96.1 Å². The Bertz CT molecular complexity index is 952. The first-order valence-corrected chi connectivity index (χ1v) is 8.26. The van der Waals surface area contributed by atoms with Crippen molar-refractivity contribution in [1.29, 1.82) is 0 Å². The van der Waals surface area contributed by atoms with E-state index in [1.165, 1.54) is 4.90 Å². The number of nitrogens with zero attached hydrogens (tertiary/aromatic N) is 1. The maximum atomic E-state index is 13.2. The summed E-state index contributed by atoms with van der Waals surface area (Å²) >= 11 is 0. The van der Waals surface area contributed by atoms with Crippen molar-refractivity contribution in [2.24, 2.45) is 0 Å². The highest BCUT2D eigenvalue weighted by molar-refractivity contribution is 6.56. The van der Waals surface area contributed by atoms with Gasteiger partial charge in [-0.3, -0.25) is 9.59 Å². The molecule has 0 spiro atoms. The fraction of sp³-hybridized carbons (Fsp3) is 0. The first kappa shape index (κ1) is 18.4. The van der Waals surface area contributed by atoms with E-state index in [-0.39, 0.29) is 24.2 Å². The van der Waals surface area contributed by atoms with E-state index in [0.717, 1.165) is 11.1 Å². The Hall–Kier alpha value is -3.37. The van der Waals surface area contributed by atoms with Gasteiger partial charge in [-0.2, -0.15) is 0 Å². The number of nitrogens with two attached hydrogens (primary N) is 1. The number of halogens is 1. The summed E-state index contributed by atoms with van der Waals surface area (Å²) in [6, 6.07) is 25.3. The van der Waals surface area contributed by atoms with Crippen LogP contribution >= 0.6 is 12.4 Å². The molecular formula is C22H17ClN2O2. The summed E-state index contributed by atoms with van der Waals surface area (Å²) in [6.07, 6.45) is 0. The number of rotatable bonds is 3. The molecule has 0 unspecified atom stereocenters. The predicted molar refractivity (Wildman–Crippen MR) is 110 cm³/mol. The van der Waals surface area contributed by atoms with Crippen molar-refractivity contribution in [2.45, 2.75) is 0 Å². The molecule has 1 aliphatic heterocycles. The monoisotopic (exact) mass is 376 g/mol. The number of carbonyl (C=O) groups excluding carboxylic acids is 2. The van der Waals surface area contributed by atoms with Crippen molar-refractivity contribution in [3.63, 3.8) is 0 Å². The lowest BCUT2D eigenvalue weighted by Crippen LogP contribution is -2.31. The molecule has 3 aromatic rings. The standard InChI is InChI=1S/C22H16N2O2.ClH/c23-17-11-13-18(14-12-17)24-21(25)19(15-7-3-1-4-8-15)20(22(24)26)16-9-5-2-6-10-16;/h1-14H,23H2;1H. The fourth-order valence-corrected chi connectivity index (χ4v) is 3.13. The second-order valence-electron chi connectivity index (χ2n) is 6.02. The molecule has 0 saturated heterocycles. The summed E-state index contributed by atoms with van der Waals surface area (Å²) in [5.74, 6) is -0.658. The van der Waals surface area contributed by atoms with E-state index in [4.69, 9.17) is 5.73 Å². The summed E-state index contributed by atoms with van der Waals surface area (Å²) in [6.45, 7) is 0. The van der Waals surface area contributed by atoms with Crippen molar-refractivity contribution in [1.82, 2.24) is 0 Å². The lowest BCUT2D eigenvalue weighted by Gasteiger charge is -2.15. The van der Waals surface area contributed by atoms with E-state index in [2.05, 4.69) is 0 Å². The molecule has 0 atom stereocenters. The third kappa shape index (κ3) is 3.23. The Morgan fingerprint density at radius 1 is 0.593 bits per heavy atom. The lowest BCUT2D eigenvalue weighted by atomic mass is 9.96. The Morgan fingerprint density at radius 2 is 1.00 bits per heavy atom. The third-order valence-electron chi connectivity index (χ3n) is 4.36. The van der Waals surface area contributed by atoms with Crippen LogP contribution in [0.25, 0.3) is 11.1 Å². The molecule has 0 radical (unpaired) electrons. The SMILES string of the molecule is Cl.Nc1ccc(N2C(=O)C(c3ccccc3)=C(c3ccccc3)C2=O)cc1. The second kappa shape index (κ2) is 7.48. The van der Waals surface area contributed by atoms with E-state index >= 15 is 0 Å². The van der Waals surface area contributed by atoms with E-state index < -0.39 is 0 Å². The second-order valence-corrected chi connectivity index (χ2v) is 6.02. The minimum absolute atomic E-state index is 0. The van der Waals surface area contributed by atoms with E-state index in [1.807, 2.05) is 60.7 Å². The number of benzene rings is 3. The summed E-state index contributed by atoms with van der Waals surface area (Å²) in [4.78, 5) is 27.6. The molecule has 4 nitrogen and oxygen atoms in total. The van der Waals surface area contributed by atoms with Crippen molar-refractivity contribution >= 4 is 46.7 Å². The number of anilines is 2. The summed E-state index contributed by atoms with van der Waals surface area (Å²) in [7, 11) is 0. The van der Waals surface area contributed by atoms with Gasteiger partial charge in [-0.25, -0.2) is 4.90 Å². The van der Waals surface area contributed by atoms with Gasteiger partial charge in [0.25, 0.3) is 11.8 Å². The van der Waals surface area contributed by atoms with Crippen LogP contribution in [0.4, 0.5) is 11.4 Å². The van der Waals surface area contributed by atoms with Gasteiger partial charge in [-0.15, -0.1) is 12.4 Å². The molecule has 4 rings (SSSR count). The number of carbonyl (C=O) groups is 2. The Morgan fingerprint density at radius 3 is 1.41 bits per heavy atom. The van der Waals surface area contributed by atoms with E-state index in [0.29, 0.717) is 22.5 Å². The Balaban J connectivity index is 0.00000210. The van der Waals surface area contributed by atoms with Gasteiger partial charge in [-0.05, 0) is 35.4 Å². The van der Waals surface area contributed by atoms with Crippen LogP contribution in [0.2, 0.25) is 0 Å². The topological polar surface area (TPSA) is 63.4 Å². The number of imide groups is 1. The quantitative estimate of drug-likeness (QED) is 0.551. The van der Waals surface area contributed by atoms with Crippen LogP contribution in [-0.4, -0.2) is 11.8 Å². The fourth-order valence-electron chi connectivity index (χ4n) is 3.13. The first-order chi connectivity index (χ1) is 12.7. The van der Waals surface area contributed by atoms with Gasteiger partial charge in [0, 0.05) is 5.69 Å². The molecule has 27 heavy (non-hydrogen) atoms. The van der Waals surface area contributed by atoms with Gasteiger partial charge in [-0.1, -0.05) is 60.7 Å². The Labute approximate surface area is 163 Å². The highest BCUT2D eigenvalue weighted by Crippen LogP contribution is 2.38. The number of hydrogen-bond donors (Lipinski definition) is 1. The lowest BCUT2D eigenvalue weighted by molar-refractivity contribution is -0.119. The molecule has 5 heteroatoms. The minimum atomic E-state index is -0.329. The molecule has 2 N–H and O–H groups in total. The zero-order valence-corrected chi connectivity index (χ0v) is 15.1. The molecule has 0 saturated carbocycles. The van der Waals surface area contributed by atoms with Crippen LogP contribution in [-0.2, 0) is 9.59 Å². The summed E-state index contributed by atoms with van der Waals surface area (Å²) in [5, 5.41) is 0. The van der Waals surface area contributed by atoms with Crippen LogP contribution in [0.15, 0.2) is 84.9 Å². The van der Waals surface area contributed by atoms with Crippen LogP contribution in [0.5, 0.6) is 0 Å². The molecule has 134 valence electrons. The summed E-state index contributed by atoms with van der Waals surface area (Å²) < 4.78 is 0. The maximum Gasteiger partial charge on any atom is 0.266 e. The average Bonchev–Trinajstić information content (AvgIpc) is 2.94. The van der Waals surface area contributed by atoms with Gasteiger partial charge in [0.15, 0.2) is 0 Å². The van der Waals surface area contributed by atoms with Crippen LogP contribution < -0.4 is 10.6 Å². The molecule has 0 aromatic heterocycles. The molecular weight excluding hydrogens is 360 g/mol. The average molecular weight is 377 g/mol. The van der Waals surface area contributed by atoms with Gasteiger partial charge in [0.1, 0.15) is 0 Å².